The summed E-state index contributed by atoms with van der Waals surface area (Å²) in [7, 11) is 0. The summed E-state index contributed by atoms with van der Waals surface area (Å²) in [6, 6.07) is 0. The monoisotopic (exact) mass is 216 g/mol. The van der Waals surface area contributed by atoms with E-state index in [4.69, 9.17) is 10.8 Å². The number of aliphatic hydroxyl groups excluding tert-OH is 1. The van der Waals surface area contributed by atoms with E-state index in [1.807, 2.05) is 0 Å². The van der Waals surface area contributed by atoms with Gasteiger partial charge in [0.15, 0.2) is 0 Å². The van der Waals surface area contributed by atoms with Crippen molar-refractivity contribution in [1.29, 1.82) is 0 Å². The molecule has 0 unspecified atom stereocenters. The molecule has 0 atom stereocenters. The van der Waals surface area contributed by atoms with Gasteiger partial charge in [-0.1, -0.05) is 27.2 Å². The molecule has 0 spiro atoms. The van der Waals surface area contributed by atoms with E-state index >= 15 is 0 Å². The minimum absolute atomic E-state index is 0.266. The molecule has 0 aliphatic carbocycles. The predicted molar refractivity (Wildman–Crippen MR) is 65.9 cm³/mol. The number of aliphatic hydroxyl groups is 1. The molecule has 3 nitrogen and oxygen atoms in total. The van der Waals surface area contributed by atoms with Crippen LogP contribution in [-0.2, 0) is 0 Å². The molecule has 0 rings (SSSR count). The molecule has 0 aliphatic heterocycles. The van der Waals surface area contributed by atoms with Gasteiger partial charge in [-0.05, 0) is 37.9 Å². The summed E-state index contributed by atoms with van der Waals surface area (Å²) in [5.74, 6) is 0. The van der Waals surface area contributed by atoms with Crippen LogP contribution in [0.3, 0.4) is 0 Å². The van der Waals surface area contributed by atoms with Gasteiger partial charge in [0.1, 0.15) is 0 Å². The van der Waals surface area contributed by atoms with Crippen molar-refractivity contribution in [2.24, 2.45) is 11.1 Å². The minimum atomic E-state index is 0.266. The summed E-state index contributed by atoms with van der Waals surface area (Å²) in [5.41, 5.74) is 5.96. The molecule has 15 heavy (non-hydrogen) atoms. The van der Waals surface area contributed by atoms with Gasteiger partial charge in [-0.25, -0.2) is 0 Å². The quantitative estimate of drug-likeness (QED) is 0.574. The van der Waals surface area contributed by atoms with E-state index in [1.165, 1.54) is 19.3 Å². The summed E-state index contributed by atoms with van der Waals surface area (Å²) in [4.78, 5) is 2.29. The molecule has 0 bridgehead atoms. The van der Waals surface area contributed by atoms with Gasteiger partial charge in [0.05, 0.1) is 6.61 Å². The zero-order valence-electron chi connectivity index (χ0n) is 10.6. The molecular formula is C12H28N2O. The first-order valence-corrected chi connectivity index (χ1v) is 6.09. The lowest BCUT2D eigenvalue weighted by molar-refractivity contribution is 0.196. The Bertz CT molecular complexity index is 149. The molecule has 0 radical (unpaired) electrons. The van der Waals surface area contributed by atoms with Crippen molar-refractivity contribution < 1.29 is 5.11 Å². The van der Waals surface area contributed by atoms with Crippen LogP contribution in [0, 0.1) is 5.41 Å². The topological polar surface area (TPSA) is 49.5 Å². The number of unbranched alkanes of at least 4 members (excludes halogenated alkanes) is 1. The van der Waals surface area contributed by atoms with E-state index in [0.717, 1.165) is 26.2 Å². The molecule has 0 aliphatic rings. The number of hydrogen-bond donors (Lipinski definition) is 2. The maximum Gasteiger partial charge on any atom is 0.0558 e. The van der Waals surface area contributed by atoms with Gasteiger partial charge in [0.25, 0.3) is 0 Å². The van der Waals surface area contributed by atoms with Gasteiger partial charge in [-0.15, -0.1) is 0 Å². The van der Waals surface area contributed by atoms with Crippen LogP contribution in [0.5, 0.6) is 0 Å². The Kier molecular flexibility index (Phi) is 8.02. The highest BCUT2D eigenvalue weighted by Crippen LogP contribution is 2.21. The third-order valence-corrected chi connectivity index (χ3v) is 2.99. The molecule has 0 aromatic carbocycles. The van der Waals surface area contributed by atoms with Crippen LogP contribution in [0.4, 0.5) is 0 Å². The summed E-state index contributed by atoms with van der Waals surface area (Å²) in [6.07, 6.45) is 3.63. The second-order valence-electron chi connectivity index (χ2n) is 4.98. The Morgan fingerprint density at radius 3 is 2.33 bits per heavy atom. The molecule has 92 valence electrons. The van der Waals surface area contributed by atoms with Crippen LogP contribution < -0.4 is 5.73 Å². The van der Waals surface area contributed by atoms with Crippen molar-refractivity contribution in [3.05, 3.63) is 0 Å². The van der Waals surface area contributed by atoms with Crippen molar-refractivity contribution in [1.82, 2.24) is 4.90 Å². The fourth-order valence-electron chi connectivity index (χ4n) is 1.61. The van der Waals surface area contributed by atoms with Crippen LogP contribution in [0.2, 0.25) is 0 Å². The molecule has 0 amide bonds. The van der Waals surface area contributed by atoms with E-state index in [9.17, 15) is 0 Å². The average Bonchev–Trinajstić information content (AvgIpc) is 2.22. The van der Waals surface area contributed by atoms with Crippen LogP contribution >= 0.6 is 0 Å². The van der Waals surface area contributed by atoms with Crippen LogP contribution in [-0.4, -0.2) is 42.8 Å². The van der Waals surface area contributed by atoms with Crippen molar-refractivity contribution in [2.75, 3.05) is 32.8 Å². The standard InChI is InChI=1S/C12H28N2O/c1-4-14(9-10-15)8-6-5-7-12(2,3)11-13/h15H,4-11,13H2,1-3H3. The first kappa shape index (κ1) is 14.9. The average molecular weight is 216 g/mol. The zero-order chi connectivity index (χ0) is 11.7. The summed E-state index contributed by atoms with van der Waals surface area (Å²) >= 11 is 0. The summed E-state index contributed by atoms with van der Waals surface area (Å²) in [6.45, 7) is 10.5. The van der Waals surface area contributed by atoms with Gasteiger partial charge in [-0.3, -0.25) is 0 Å². The van der Waals surface area contributed by atoms with E-state index in [-0.39, 0.29) is 12.0 Å². The Morgan fingerprint density at radius 2 is 1.87 bits per heavy atom. The SMILES string of the molecule is CCN(CCO)CCCCC(C)(C)CN. The minimum Gasteiger partial charge on any atom is -0.395 e. The van der Waals surface area contributed by atoms with E-state index in [1.54, 1.807) is 0 Å². The smallest absolute Gasteiger partial charge is 0.0558 e. The highest BCUT2D eigenvalue weighted by Gasteiger charge is 2.14. The second kappa shape index (κ2) is 8.08. The fourth-order valence-corrected chi connectivity index (χ4v) is 1.61. The molecular weight excluding hydrogens is 188 g/mol. The van der Waals surface area contributed by atoms with Crippen LogP contribution in [0.25, 0.3) is 0 Å². The van der Waals surface area contributed by atoms with Gasteiger partial charge in [0, 0.05) is 6.54 Å². The third kappa shape index (κ3) is 7.77. The zero-order valence-corrected chi connectivity index (χ0v) is 10.6. The molecule has 0 saturated carbocycles. The van der Waals surface area contributed by atoms with E-state index < -0.39 is 0 Å². The van der Waals surface area contributed by atoms with Crippen molar-refractivity contribution in [2.45, 2.75) is 40.0 Å². The van der Waals surface area contributed by atoms with Crippen molar-refractivity contribution in [3.8, 4) is 0 Å². The van der Waals surface area contributed by atoms with Gasteiger partial charge < -0.3 is 15.7 Å². The highest BCUT2D eigenvalue weighted by atomic mass is 16.3. The first-order valence-electron chi connectivity index (χ1n) is 6.09. The number of nitrogens with zero attached hydrogens (tertiary/aromatic N) is 1. The van der Waals surface area contributed by atoms with E-state index in [2.05, 4.69) is 25.7 Å². The molecule has 0 aromatic rings. The molecule has 0 fully saturated rings. The molecule has 0 aromatic heterocycles. The van der Waals surface area contributed by atoms with Crippen LogP contribution in [0.15, 0.2) is 0 Å². The maximum atomic E-state index is 8.83. The van der Waals surface area contributed by atoms with Gasteiger partial charge >= 0.3 is 0 Å². The lowest BCUT2D eigenvalue weighted by Crippen LogP contribution is -2.28. The van der Waals surface area contributed by atoms with Gasteiger partial charge in [-0.2, -0.15) is 0 Å². The van der Waals surface area contributed by atoms with Crippen LogP contribution in [0.1, 0.15) is 40.0 Å². The second-order valence-corrected chi connectivity index (χ2v) is 4.98. The lowest BCUT2D eigenvalue weighted by Gasteiger charge is -2.23. The largest absolute Gasteiger partial charge is 0.395 e. The Balaban J connectivity index is 3.52. The first-order chi connectivity index (χ1) is 7.05. The van der Waals surface area contributed by atoms with Gasteiger partial charge in [0.2, 0.25) is 0 Å². The summed E-state index contributed by atoms with van der Waals surface area (Å²) < 4.78 is 0. The highest BCUT2D eigenvalue weighted by molar-refractivity contribution is 4.69. The number of rotatable bonds is 9. The number of hydrogen-bond acceptors (Lipinski definition) is 3. The third-order valence-electron chi connectivity index (χ3n) is 2.99. The predicted octanol–water partition coefficient (Wildman–Crippen LogP) is 1.46. The molecule has 3 heteroatoms. The normalized spacial score (nSPS) is 12.4. The van der Waals surface area contributed by atoms with Crippen molar-refractivity contribution in [3.63, 3.8) is 0 Å². The fraction of sp³-hybridized carbons (Fsp3) is 1.00. The number of likely N-dealkylation sites (N-methyl/N-ethyl adjacent to an activating group) is 1. The molecule has 0 saturated heterocycles. The molecule has 0 heterocycles. The van der Waals surface area contributed by atoms with Crippen molar-refractivity contribution >= 4 is 0 Å². The molecule has 3 N–H and O–H groups in total. The Hall–Kier alpha value is -0.120. The van der Waals surface area contributed by atoms with E-state index in [0.29, 0.717) is 0 Å². The lowest BCUT2D eigenvalue weighted by atomic mass is 9.87. The number of nitrogens with two attached hydrogens (primary N) is 1. The maximum absolute atomic E-state index is 8.83. The Morgan fingerprint density at radius 1 is 1.20 bits per heavy atom. The summed E-state index contributed by atoms with van der Waals surface area (Å²) in [5, 5.41) is 8.83. The Labute approximate surface area is 94.6 Å².